The molecule has 0 radical (unpaired) electrons. The Labute approximate surface area is 145 Å². The number of rotatable bonds is 2. The highest BCUT2D eigenvalue weighted by molar-refractivity contribution is 7.80. The molecule has 0 unspecified atom stereocenters. The average Bonchev–Trinajstić information content (AvgIpc) is 3.07. The van der Waals surface area contributed by atoms with Gasteiger partial charge in [0, 0.05) is 15.8 Å². The first-order valence-electron chi connectivity index (χ1n) is 7.72. The molecule has 0 spiro atoms. The number of para-hydroxylation sites is 1. The summed E-state index contributed by atoms with van der Waals surface area (Å²) in [6, 6.07) is 17.1. The van der Waals surface area contributed by atoms with Gasteiger partial charge in [-0.25, -0.2) is 0 Å². The number of Topliss-reactive ketones (excluding diaryl/α,β-unsaturated/α-hetero) is 1. The van der Waals surface area contributed by atoms with Gasteiger partial charge in [0.15, 0.2) is 5.60 Å². The van der Waals surface area contributed by atoms with E-state index in [1.807, 2.05) is 54.6 Å². The molecule has 3 aromatic rings. The lowest BCUT2D eigenvalue weighted by molar-refractivity contribution is -0.125. The van der Waals surface area contributed by atoms with Crippen molar-refractivity contribution in [2.24, 2.45) is 0 Å². The van der Waals surface area contributed by atoms with Gasteiger partial charge < -0.3 is 9.15 Å². The fourth-order valence-corrected chi connectivity index (χ4v) is 3.05. The van der Waals surface area contributed by atoms with Crippen molar-refractivity contribution in [1.82, 2.24) is 0 Å². The third-order valence-electron chi connectivity index (χ3n) is 4.16. The van der Waals surface area contributed by atoms with Crippen LogP contribution in [-0.2, 0) is 9.53 Å². The van der Waals surface area contributed by atoms with Gasteiger partial charge >= 0.3 is 0 Å². The Morgan fingerprint density at radius 2 is 1.71 bits per heavy atom. The summed E-state index contributed by atoms with van der Waals surface area (Å²) in [5, 5.41) is 0.961. The topological polar surface area (TPSA) is 39.4 Å². The molecule has 1 aromatic heterocycles. The van der Waals surface area contributed by atoms with Crippen LogP contribution in [0.3, 0.4) is 0 Å². The lowest BCUT2D eigenvalue weighted by atomic mass is 9.96. The molecule has 1 aliphatic heterocycles. The van der Waals surface area contributed by atoms with Crippen LogP contribution in [0.15, 0.2) is 63.9 Å². The first-order valence-corrected chi connectivity index (χ1v) is 8.17. The average molecular weight is 336 g/mol. The van der Waals surface area contributed by atoms with Crippen molar-refractivity contribution in [3.05, 3.63) is 65.9 Å². The van der Waals surface area contributed by atoms with Crippen LogP contribution in [0, 0.1) is 0 Å². The van der Waals surface area contributed by atoms with Crippen LogP contribution in [0.25, 0.3) is 22.3 Å². The Hall–Kier alpha value is -2.46. The molecule has 120 valence electrons. The van der Waals surface area contributed by atoms with Gasteiger partial charge in [-0.2, -0.15) is 0 Å². The van der Waals surface area contributed by atoms with Gasteiger partial charge in [0.25, 0.3) is 0 Å². The lowest BCUT2D eigenvalue weighted by Crippen LogP contribution is -2.29. The Balaban J connectivity index is 1.93. The monoisotopic (exact) mass is 336 g/mol. The van der Waals surface area contributed by atoms with Gasteiger partial charge in [0.05, 0.1) is 0 Å². The fraction of sp³-hybridized carbons (Fsp3) is 0.150. The highest BCUT2D eigenvalue weighted by Gasteiger charge is 2.44. The van der Waals surface area contributed by atoms with Crippen molar-refractivity contribution in [2.75, 3.05) is 0 Å². The van der Waals surface area contributed by atoms with Gasteiger partial charge in [-0.15, -0.1) is 12.6 Å². The molecular formula is C20H16O3S. The number of carbonyl (C=O) groups is 1. The highest BCUT2D eigenvalue weighted by Crippen LogP contribution is 2.42. The number of fused-ring (bicyclic) bond motifs is 1. The maximum atomic E-state index is 12.9. The summed E-state index contributed by atoms with van der Waals surface area (Å²) >= 11 is 4.31. The van der Waals surface area contributed by atoms with Gasteiger partial charge in [-0.3, -0.25) is 4.79 Å². The molecule has 0 fully saturated rings. The van der Waals surface area contributed by atoms with Crippen molar-refractivity contribution in [3.63, 3.8) is 0 Å². The molecule has 24 heavy (non-hydrogen) atoms. The third kappa shape index (κ3) is 2.34. The molecule has 2 aromatic carbocycles. The van der Waals surface area contributed by atoms with Crippen LogP contribution >= 0.6 is 12.6 Å². The van der Waals surface area contributed by atoms with Crippen molar-refractivity contribution in [2.45, 2.75) is 24.3 Å². The second-order valence-electron chi connectivity index (χ2n) is 6.34. The zero-order chi connectivity index (χ0) is 16.9. The number of thiol groups is 1. The number of carbonyl (C=O) groups excluding carboxylic acids is 1. The minimum absolute atomic E-state index is 0.0773. The number of hydrogen-bond donors (Lipinski definition) is 1. The predicted molar refractivity (Wildman–Crippen MR) is 96.9 cm³/mol. The molecule has 0 atom stereocenters. The van der Waals surface area contributed by atoms with Crippen molar-refractivity contribution in [1.29, 1.82) is 0 Å². The molecule has 0 saturated heterocycles. The summed E-state index contributed by atoms with van der Waals surface area (Å²) in [7, 11) is 0. The minimum Gasteiger partial charge on any atom is -0.478 e. The number of hydrogen-bond acceptors (Lipinski definition) is 4. The summed E-state index contributed by atoms with van der Waals surface area (Å²) in [4.78, 5) is 13.8. The summed E-state index contributed by atoms with van der Waals surface area (Å²) < 4.78 is 11.9. The number of furan rings is 1. The summed E-state index contributed by atoms with van der Waals surface area (Å²) in [5.74, 6) is 1.01. The van der Waals surface area contributed by atoms with Crippen molar-refractivity contribution in [3.8, 4) is 0 Å². The van der Waals surface area contributed by atoms with Gasteiger partial charge in [0.2, 0.25) is 5.78 Å². The maximum Gasteiger partial charge on any atom is 0.213 e. The van der Waals surface area contributed by atoms with E-state index in [-0.39, 0.29) is 5.78 Å². The van der Waals surface area contributed by atoms with E-state index in [0.717, 1.165) is 21.4 Å². The lowest BCUT2D eigenvalue weighted by Gasteiger charge is -2.17. The highest BCUT2D eigenvalue weighted by atomic mass is 32.1. The van der Waals surface area contributed by atoms with Crippen LogP contribution in [-0.4, -0.2) is 11.4 Å². The van der Waals surface area contributed by atoms with E-state index in [4.69, 9.17) is 9.15 Å². The quantitative estimate of drug-likeness (QED) is 0.672. The maximum absolute atomic E-state index is 12.9. The van der Waals surface area contributed by atoms with Crippen molar-refractivity contribution < 1.29 is 13.9 Å². The molecule has 0 amide bonds. The summed E-state index contributed by atoms with van der Waals surface area (Å²) in [5.41, 5.74) is 1.16. The second-order valence-corrected chi connectivity index (χ2v) is 6.86. The van der Waals surface area contributed by atoms with Crippen LogP contribution < -0.4 is 0 Å². The SMILES string of the molecule is CC1(C)OC(c2ccc(S)cc2)=C(c2cc3ccccc3o2)C1=O. The first-order chi connectivity index (χ1) is 11.5. The standard InChI is InChI=1S/C20H16O3S/c1-20(2)19(21)17(16-11-13-5-3-4-6-15(13)22-16)18(23-20)12-7-9-14(24)10-8-12/h3-11,24H,1-2H3. The Morgan fingerprint density at radius 1 is 1.00 bits per heavy atom. The summed E-state index contributed by atoms with van der Waals surface area (Å²) in [6.07, 6.45) is 0. The Bertz CT molecular complexity index is 945. The molecule has 1 aliphatic rings. The Morgan fingerprint density at radius 3 is 2.42 bits per heavy atom. The third-order valence-corrected chi connectivity index (χ3v) is 4.46. The second kappa shape index (κ2) is 5.28. The van der Waals surface area contributed by atoms with Gasteiger partial charge in [-0.1, -0.05) is 30.3 Å². The smallest absolute Gasteiger partial charge is 0.213 e. The van der Waals surface area contributed by atoms with Crippen molar-refractivity contribution >= 4 is 40.7 Å². The molecule has 0 saturated carbocycles. The van der Waals surface area contributed by atoms with Gasteiger partial charge in [0.1, 0.15) is 22.7 Å². The fourth-order valence-electron chi connectivity index (χ4n) is 2.90. The molecule has 4 rings (SSSR count). The van der Waals surface area contributed by atoms with E-state index < -0.39 is 5.60 Å². The number of ketones is 1. The largest absolute Gasteiger partial charge is 0.478 e. The first kappa shape index (κ1) is 15.1. The van der Waals surface area contributed by atoms with Crippen LogP contribution in [0.5, 0.6) is 0 Å². The van der Waals surface area contributed by atoms with Crippen LogP contribution in [0.2, 0.25) is 0 Å². The Kier molecular flexibility index (Phi) is 3.32. The number of ether oxygens (including phenoxy) is 1. The zero-order valence-electron chi connectivity index (χ0n) is 13.4. The number of benzene rings is 2. The molecule has 3 nitrogen and oxygen atoms in total. The van der Waals surface area contributed by atoms with E-state index in [1.165, 1.54) is 0 Å². The van der Waals surface area contributed by atoms with Gasteiger partial charge in [-0.05, 0) is 38.1 Å². The van der Waals surface area contributed by atoms with E-state index in [2.05, 4.69) is 12.6 Å². The minimum atomic E-state index is -0.913. The molecule has 0 N–H and O–H groups in total. The molecular weight excluding hydrogens is 320 g/mol. The molecule has 0 bridgehead atoms. The van der Waals surface area contributed by atoms with E-state index in [1.54, 1.807) is 13.8 Å². The predicted octanol–water partition coefficient (Wildman–Crippen LogP) is 4.97. The van der Waals surface area contributed by atoms with E-state index >= 15 is 0 Å². The van der Waals surface area contributed by atoms with E-state index in [0.29, 0.717) is 17.1 Å². The van der Waals surface area contributed by atoms with Crippen LogP contribution in [0.4, 0.5) is 0 Å². The van der Waals surface area contributed by atoms with Crippen LogP contribution in [0.1, 0.15) is 25.2 Å². The summed E-state index contributed by atoms with van der Waals surface area (Å²) in [6.45, 7) is 3.55. The zero-order valence-corrected chi connectivity index (χ0v) is 14.3. The molecule has 4 heteroatoms. The molecule has 0 aliphatic carbocycles. The normalized spacial score (nSPS) is 16.7. The van der Waals surface area contributed by atoms with E-state index in [9.17, 15) is 4.79 Å². The molecule has 2 heterocycles.